The topological polar surface area (TPSA) is 138 Å². The number of aromatic nitrogens is 2. The number of anilines is 3. The lowest BCUT2D eigenvalue weighted by Gasteiger charge is -2.28. The number of aryl methyl sites for hydroxylation is 1. The number of rotatable bonds is 8. The van der Waals surface area contributed by atoms with Gasteiger partial charge in [-0.15, -0.1) is 0 Å². The van der Waals surface area contributed by atoms with Crippen molar-refractivity contribution in [1.82, 2.24) is 9.97 Å². The first kappa shape index (κ1) is 24.1. The molecule has 1 unspecified atom stereocenters. The molecule has 0 aliphatic heterocycles. The molecule has 0 saturated carbocycles. The number of nitrogens with zero attached hydrogens (tertiary/aromatic N) is 3. The van der Waals surface area contributed by atoms with Crippen LogP contribution in [0.5, 0.6) is 0 Å². The van der Waals surface area contributed by atoms with Gasteiger partial charge in [-0.05, 0) is 56.3 Å². The van der Waals surface area contributed by atoms with Crippen LogP contribution in [0.3, 0.4) is 0 Å². The van der Waals surface area contributed by atoms with Crippen LogP contribution in [0.25, 0.3) is 0 Å². The van der Waals surface area contributed by atoms with E-state index in [1.165, 1.54) is 43.6 Å². The maximum Gasteiger partial charge on any atom is 0.264 e. The molecule has 1 amide bonds. The molecule has 0 radical (unpaired) electrons. The number of nitrogens with one attached hydrogen (secondary N) is 2. The lowest BCUT2D eigenvalue weighted by atomic mass is 10.2. The third-order valence-electron chi connectivity index (χ3n) is 4.60. The maximum atomic E-state index is 12.8. The van der Waals surface area contributed by atoms with Crippen LogP contribution in [-0.4, -0.2) is 45.0 Å². The Morgan fingerprint density at radius 2 is 1.52 bits per heavy atom. The Labute approximate surface area is 192 Å². The number of benzene rings is 2. The number of amides is 1. The van der Waals surface area contributed by atoms with Gasteiger partial charge in [-0.1, -0.05) is 17.7 Å². The van der Waals surface area contributed by atoms with Gasteiger partial charge >= 0.3 is 0 Å². The molecule has 1 aromatic heterocycles. The van der Waals surface area contributed by atoms with Gasteiger partial charge < -0.3 is 5.32 Å². The van der Waals surface area contributed by atoms with Crippen LogP contribution in [0.4, 0.5) is 17.3 Å². The normalized spacial score (nSPS) is 12.6. The monoisotopic (exact) mass is 489 g/mol. The third-order valence-corrected chi connectivity index (χ3v) is 7.19. The second-order valence-electron chi connectivity index (χ2n) is 7.26. The second-order valence-corrected chi connectivity index (χ2v) is 10.8. The van der Waals surface area contributed by atoms with Crippen molar-refractivity contribution < 1.29 is 21.6 Å². The second kappa shape index (κ2) is 9.55. The Hall–Kier alpha value is -3.51. The standard InChI is InChI=1S/C21H23N5O5S2/c1-15-5-9-18(10-6-15)26(32(3,28)29)16(2)20(27)24-17-7-11-19(12-8-17)33(30,31)25-21-22-13-4-14-23-21/h4-14,16H,1-3H3,(H,24,27)(H,22,23,25). The molecule has 0 aliphatic rings. The molecule has 3 rings (SSSR count). The van der Waals surface area contributed by atoms with Gasteiger partial charge in [-0.3, -0.25) is 9.10 Å². The van der Waals surface area contributed by atoms with Gasteiger partial charge in [0, 0.05) is 18.1 Å². The summed E-state index contributed by atoms with van der Waals surface area (Å²) in [5.41, 5.74) is 1.62. The summed E-state index contributed by atoms with van der Waals surface area (Å²) in [6, 6.07) is 12.7. The molecular formula is C21H23N5O5S2. The van der Waals surface area contributed by atoms with Crippen molar-refractivity contribution >= 4 is 43.3 Å². The first-order valence-corrected chi connectivity index (χ1v) is 13.1. The number of carbonyl (C=O) groups is 1. The van der Waals surface area contributed by atoms with Crippen molar-refractivity contribution in [1.29, 1.82) is 0 Å². The smallest absolute Gasteiger partial charge is 0.264 e. The molecule has 174 valence electrons. The van der Waals surface area contributed by atoms with Crippen LogP contribution in [0.1, 0.15) is 12.5 Å². The molecule has 1 atom stereocenters. The zero-order valence-corrected chi connectivity index (χ0v) is 19.8. The summed E-state index contributed by atoms with van der Waals surface area (Å²) < 4.78 is 53.0. The van der Waals surface area contributed by atoms with Gasteiger partial charge in [-0.2, -0.15) is 0 Å². The molecule has 1 heterocycles. The highest BCUT2D eigenvalue weighted by Crippen LogP contribution is 2.23. The lowest BCUT2D eigenvalue weighted by molar-refractivity contribution is -0.116. The number of sulfonamides is 2. The Morgan fingerprint density at radius 3 is 2.06 bits per heavy atom. The van der Waals surface area contributed by atoms with Crippen LogP contribution in [0.2, 0.25) is 0 Å². The minimum Gasteiger partial charge on any atom is -0.324 e. The molecule has 2 N–H and O–H groups in total. The minimum absolute atomic E-state index is 0.0570. The van der Waals surface area contributed by atoms with E-state index in [0.717, 1.165) is 16.1 Å². The third kappa shape index (κ3) is 6.05. The molecule has 3 aromatic rings. The highest BCUT2D eigenvalue weighted by molar-refractivity contribution is 7.92. The highest BCUT2D eigenvalue weighted by atomic mass is 32.2. The predicted molar refractivity (Wildman–Crippen MR) is 126 cm³/mol. The molecule has 12 heteroatoms. The van der Waals surface area contributed by atoms with Crippen LogP contribution < -0.4 is 14.3 Å². The maximum absolute atomic E-state index is 12.8. The molecule has 33 heavy (non-hydrogen) atoms. The molecule has 0 bridgehead atoms. The van der Waals surface area contributed by atoms with Crippen molar-refractivity contribution in [2.45, 2.75) is 24.8 Å². The van der Waals surface area contributed by atoms with E-state index in [1.807, 2.05) is 6.92 Å². The van der Waals surface area contributed by atoms with Crippen LogP contribution in [-0.2, 0) is 24.8 Å². The van der Waals surface area contributed by atoms with E-state index in [4.69, 9.17) is 0 Å². The van der Waals surface area contributed by atoms with E-state index < -0.39 is 32.0 Å². The predicted octanol–water partition coefficient (Wildman–Crippen LogP) is 2.38. The first-order chi connectivity index (χ1) is 15.5. The van der Waals surface area contributed by atoms with E-state index in [2.05, 4.69) is 20.0 Å². The Morgan fingerprint density at radius 1 is 0.939 bits per heavy atom. The summed E-state index contributed by atoms with van der Waals surface area (Å²) in [6.45, 7) is 3.34. The van der Waals surface area contributed by atoms with Gasteiger partial charge in [0.05, 0.1) is 16.8 Å². The Balaban J connectivity index is 1.76. The van der Waals surface area contributed by atoms with Crippen molar-refractivity contribution in [3.63, 3.8) is 0 Å². The minimum atomic E-state index is -3.92. The molecule has 0 fully saturated rings. The summed E-state index contributed by atoms with van der Waals surface area (Å²) in [5, 5.41) is 2.62. The molecule has 2 aromatic carbocycles. The van der Waals surface area contributed by atoms with Crippen molar-refractivity contribution in [3.05, 3.63) is 72.6 Å². The van der Waals surface area contributed by atoms with Crippen molar-refractivity contribution in [2.24, 2.45) is 0 Å². The van der Waals surface area contributed by atoms with Crippen molar-refractivity contribution in [2.75, 3.05) is 20.6 Å². The van der Waals surface area contributed by atoms with E-state index in [-0.39, 0.29) is 10.8 Å². The summed E-state index contributed by atoms with van der Waals surface area (Å²) >= 11 is 0. The van der Waals surface area contributed by atoms with Gasteiger partial charge in [0.2, 0.25) is 21.9 Å². The molecule has 0 spiro atoms. The van der Waals surface area contributed by atoms with E-state index in [1.54, 1.807) is 30.3 Å². The summed E-state index contributed by atoms with van der Waals surface area (Å²) in [5.74, 6) is -0.645. The Kier molecular flexibility index (Phi) is 6.98. The largest absolute Gasteiger partial charge is 0.324 e. The van der Waals surface area contributed by atoms with E-state index in [0.29, 0.717) is 11.4 Å². The fourth-order valence-corrected chi connectivity index (χ4v) is 5.13. The van der Waals surface area contributed by atoms with Crippen LogP contribution in [0, 0.1) is 6.92 Å². The van der Waals surface area contributed by atoms with Crippen molar-refractivity contribution in [3.8, 4) is 0 Å². The fraction of sp³-hybridized carbons (Fsp3) is 0.190. The van der Waals surface area contributed by atoms with E-state index in [9.17, 15) is 21.6 Å². The lowest BCUT2D eigenvalue weighted by Crippen LogP contribution is -2.45. The zero-order valence-electron chi connectivity index (χ0n) is 18.1. The molecule has 0 saturated heterocycles. The Bertz CT molecular complexity index is 1330. The van der Waals surface area contributed by atoms with E-state index >= 15 is 0 Å². The van der Waals surface area contributed by atoms with Gasteiger partial charge in [-0.25, -0.2) is 31.5 Å². The van der Waals surface area contributed by atoms with Gasteiger partial charge in [0.15, 0.2) is 0 Å². The van der Waals surface area contributed by atoms with Gasteiger partial charge in [0.1, 0.15) is 6.04 Å². The average Bonchev–Trinajstić information content (AvgIpc) is 2.75. The summed E-state index contributed by atoms with van der Waals surface area (Å²) in [6.07, 6.45) is 3.84. The average molecular weight is 490 g/mol. The SMILES string of the molecule is Cc1ccc(N(C(C)C(=O)Nc2ccc(S(=O)(=O)Nc3ncccn3)cc2)S(C)(=O)=O)cc1. The number of hydrogen-bond acceptors (Lipinski definition) is 7. The van der Waals surface area contributed by atoms with Gasteiger partial charge in [0.25, 0.3) is 10.0 Å². The molecule has 0 aliphatic carbocycles. The first-order valence-electron chi connectivity index (χ1n) is 9.74. The highest BCUT2D eigenvalue weighted by Gasteiger charge is 2.29. The van der Waals surface area contributed by atoms with Crippen LogP contribution >= 0.6 is 0 Å². The molecular weight excluding hydrogens is 466 g/mol. The number of hydrogen-bond donors (Lipinski definition) is 2. The summed E-state index contributed by atoms with van der Waals surface area (Å²) in [4.78, 5) is 20.4. The summed E-state index contributed by atoms with van der Waals surface area (Å²) in [7, 11) is -7.67. The quantitative estimate of drug-likeness (QED) is 0.495. The van der Waals surface area contributed by atoms with Crippen LogP contribution in [0.15, 0.2) is 71.9 Å². The molecule has 10 nitrogen and oxygen atoms in total. The fourth-order valence-electron chi connectivity index (χ4n) is 3.00. The zero-order chi connectivity index (χ0) is 24.2. The number of carbonyl (C=O) groups excluding carboxylic acids is 1.